The second-order valence-electron chi connectivity index (χ2n) is 2.17. The third-order valence-corrected chi connectivity index (χ3v) is 2.75. The molecule has 0 radical (unpaired) electrons. The average Bonchev–Trinajstić information content (AvgIpc) is 1.91. The van der Waals surface area contributed by atoms with E-state index in [1.54, 1.807) is 0 Å². The maximum atomic E-state index is 11.7. The number of hydrogen-bond acceptors (Lipinski definition) is 2. The second kappa shape index (κ2) is 4.12. The topological polar surface area (TPSA) is 12.0 Å². The Morgan fingerprint density at radius 1 is 1.67 bits per heavy atom. The van der Waals surface area contributed by atoms with E-state index in [0.29, 0.717) is 5.25 Å². The van der Waals surface area contributed by atoms with Crippen molar-refractivity contribution in [3.63, 3.8) is 0 Å². The summed E-state index contributed by atoms with van der Waals surface area (Å²) in [6.07, 6.45) is 0.720. The number of nitrogens with one attached hydrogen (secondary N) is 1. The van der Waals surface area contributed by atoms with Crippen LogP contribution in [-0.2, 0) is 0 Å². The SMILES string of the molecule is FCCC1CNCCS1. The summed E-state index contributed by atoms with van der Waals surface area (Å²) in [5, 5.41) is 3.76. The summed E-state index contributed by atoms with van der Waals surface area (Å²) in [6, 6.07) is 0. The Labute approximate surface area is 59.4 Å². The van der Waals surface area contributed by atoms with Crippen molar-refractivity contribution in [2.75, 3.05) is 25.5 Å². The molecule has 0 saturated carbocycles. The molecule has 3 heteroatoms. The number of alkyl halides is 1. The lowest BCUT2D eigenvalue weighted by atomic mass is 10.3. The number of thioether (sulfide) groups is 1. The molecule has 1 atom stereocenters. The van der Waals surface area contributed by atoms with E-state index in [9.17, 15) is 4.39 Å². The first-order valence-electron chi connectivity index (χ1n) is 3.32. The van der Waals surface area contributed by atoms with E-state index in [2.05, 4.69) is 5.32 Å². The van der Waals surface area contributed by atoms with Gasteiger partial charge in [0, 0.05) is 24.1 Å². The number of hydrogen-bond donors (Lipinski definition) is 1. The van der Waals surface area contributed by atoms with E-state index >= 15 is 0 Å². The maximum absolute atomic E-state index is 11.7. The van der Waals surface area contributed by atoms with Crippen LogP contribution in [0.25, 0.3) is 0 Å². The van der Waals surface area contributed by atoms with Gasteiger partial charge in [0.05, 0.1) is 6.67 Å². The van der Waals surface area contributed by atoms with Crippen molar-refractivity contribution < 1.29 is 4.39 Å². The van der Waals surface area contributed by atoms with Crippen LogP contribution in [0.3, 0.4) is 0 Å². The van der Waals surface area contributed by atoms with Crippen molar-refractivity contribution >= 4 is 11.8 Å². The molecule has 0 aromatic heterocycles. The van der Waals surface area contributed by atoms with Crippen molar-refractivity contribution in [1.82, 2.24) is 5.32 Å². The van der Waals surface area contributed by atoms with Crippen LogP contribution in [0.15, 0.2) is 0 Å². The minimum absolute atomic E-state index is 0.167. The third-order valence-electron chi connectivity index (χ3n) is 1.44. The molecule has 1 nitrogen and oxygen atoms in total. The fraction of sp³-hybridized carbons (Fsp3) is 1.00. The summed E-state index contributed by atoms with van der Waals surface area (Å²) in [5.41, 5.74) is 0. The molecule has 0 aliphatic carbocycles. The van der Waals surface area contributed by atoms with Gasteiger partial charge in [0.2, 0.25) is 0 Å². The Bertz CT molecular complexity index is 70.7. The molecule has 1 fully saturated rings. The highest BCUT2D eigenvalue weighted by Crippen LogP contribution is 2.16. The van der Waals surface area contributed by atoms with Crippen molar-refractivity contribution in [3.05, 3.63) is 0 Å². The molecule has 0 bridgehead atoms. The maximum Gasteiger partial charge on any atom is 0.0905 e. The highest BCUT2D eigenvalue weighted by Gasteiger charge is 2.11. The number of rotatable bonds is 2. The highest BCUT2D eigenvalue weighted by molar-refractivity contribution is 8.00. The average molecular weight is 149 g/mol. The predicted octanol–water partition coefficient (Wildman–Crippen LogP) is 1.05. The molecule has 54 valence electrons. The summed E-state index contributed by atoms with van der Waals surface area (Å²) in [5.74, 6) is 1.14. The monoisotopic (exact) mass is 149 g/mol. The van der Waals surface area contributed by atoms with Gasteiger partial charge in [-0.2, -0.15) is 11.8 Å². The third kappa shape index (κ3) is 2.54. The molecule has 0 amide bonds. The lowest BCUT2D eigenvalue weighted by Crippen LogP contribution is -2.32. The second-order valence-corrected chi connectivity index (χ2v) is 3.58. The minimum atomic E-state index is -0.167. The lowest BCUT2D eigenvalue weighted by molar-refractivity contribution is 0.459. The first-order chi connectivity index (χ1) is 4.43. The molecular weight excluding hydrogens is 137 g/mol. The normalized spacial score (nSPS) is 28.3. The zero-order chi connectivity index (χ0) is 6.53. The summed E-state index contributed by atoms with van der Waals surface area (Å²) in [6.45, 7) is 1.92. The molecule has 1 aliphatic heterocycles. The van der Waals surface area contributed by atoms with Crippen LogP contribution < -0.4 is 5.32 Å². The van der Waals surface area contributed by atoms with Gasteiger partial charge in [0.15, 0.2) is 0 Å². The molecular formula is C6H12FNS. The first-order valence-corrected chi connectivity index (χ1v) is 4.36. The van der Waals surface area contributed by atoms with E-state index < -0.39 is 0 Å². The van der Waals surface area contributed by atoms with Gasteiger partial charge in [-0.15, -0.1) is 0 Å². The van der Waals surface area contributed by atoms with Gasteiger partial charge in [-0.1, -0.05) is 0 Å². The van der Waals surface area contributed by atoms with Crippen molar-refractivity contribution in [3.8, 4) is 0 Å². The molecule has 1 rings (SSSR count). The molecule has 1 heterocycles. The molecule has 9 heavy (non-hydrogen) atoms. The lowest BCUT2D eigenvalue weighted by Gasteiger charge is -2.20. The van der Waals surface area contributed by atoms with Gasteiger partial charge in [-0.3, -0.25) is 4.39 Å². The molecule has 1 N–H and O–H groups in total. The van der Waals surface area contributed by atoms with Crippen LogP contribution in [0.5, 0.6) is 0 Å². The summed E-state index contributed by atoms with van der Waals surface area (Å²) in [4.78, 5) is 0. The quantitative estimate of drug-likeness (QED) is 0.630. The van der Waals surface area contributed by atoms with Gasteiger partial charge < -0.3 is 5.32 Å². The fourth-order valence-corrected chi connectivity index (χ4v) is 2.01. The van der Waals surface area contributed by atoms with Crippen LogP contribution in [0, 0.1) is 0 Å². The summed E-state index contributed by atoms with van der Waals surface area (Å²) in [7, 11) is 0. The van der Waals surface area contributed by atoms with Gasteiger partial charge in [0.1, 0.15) is 0 Å². The molecule has 1 saturated heterocycles. The zero-order valence-corrected chi connectivity index (χ0v) is 6.22. The van der Waals surface area contributed by atoms with Gasteiger partial charge in [-0.05, 0) is 6.42 Å². The Morgan fingerprint density at radius 2 is 2.56 bits per heavy atom. The van der Waals surface area contributed by atoms with E-state index in [4.69, 9.17) is 0 Å². The van der Waals surface area contributed by atoms with Crippen LogP contribution in [0.2, 0.25) is 0 Å². The van der Waals surface area contributed by atoms with Gasteiger partial charge >= 0.3 is 0 Å². The smallest absolute Gasteiger partial charge is 0.0905 e. The number of halogens is 1. The van der Waals surface area contributed by atoms with Crippen molar-refractivity contribution in [2.24, 2.45) is 0 Å². The minimum Gasteiger partial charge on any atom is -0.315 e. The molecule has 0 spiro atoms. The van der Waals surface area contributed by atoms with Crippen LogP contribution >= 0.6 is 11.8 Å². The summed E-state index contributed by atoms with van der Waals surface area (Å²) < 4.78 is 11.7. The van der Waals surface area contributed by atoms with Crippen molar-refractivity contribution in [2.45, 2.75) is 11.7 Å². The molecule has 0 aromatic carbocycles. The van der Waals surface area contributed by atoms with Crippen LogP contribution in [0.1, 0.15) is 6.42 Å². The van der Waals surface area contributed by atoms with Gasteiger partial charge in [-0.25, -0.2) is 0 Å². The van der Waals surface area contributed by atoms with E-state index in [-0.39, 0.29) is 6.67 Å². The Morgan fingerprint density at radius 3 is 3.11 bits per heavy atom. The zero-order valence-electron chi connectivity index (χ0n) is 5.40. The highest BCUT2D eigenvalue weighted by atomic mass is 32.2. The van der Waals surface area contributed by atoms with E-state index in [1.165, 1.54) is 0 Å². The first kappa shape index (κ1) is 7.35. The largest absolute Gasteiger partial charge is 0.315 e. The Balaban J connectivity index is 2.08. The molecule has 1 aliphatic rings. The molecule has 0 aromatic rings. The van der Waals surface area contributed by atoms with Gasteiger partial charge in [0.25, 0.3) is 0 Å². The van der Waals surface area contributed by atoms with Crippen LogP contribution in [0.4, 0.5) is 4.39 Å². The standard InChI is InChI=1S/C6H12FNS/c7-2-1-6-5-8-3-4-9-6/h6,8H,1-5H2. The Hall–Kier alpha value is 0.240. The predicted molar refractivity (Wildman–Crippen MR) is 39.7 cm³/mol. The Kier molecular flexibility index (Phi) is 3.36. The fourth-order valence-electron chi connectivity index (χ4n) is 0.927. The van der Waals surface area contributed by atoms with E-state index in [1.807, 2.05) is 11.8 Å². The van der Waals surface area contributed by atoms with Crippen molar-refractivity contribution in [1.29, 1.82) is 0 Å². The van der Waals surface area contributed by atoms with Crippen LogP contribution in [-0.4, -0.2) is 30.8 Å². The summed E-state index contributed by atoms with van der Waals surface area (Å²) >= 11 is 1.89. The molecule has 1 unspecified atom stereocenters. The van der Waals surface area contributed by atoms with E-state index in [0.717, 1.165) is 25.3 Å².